The summed E-state index contributed by atoms with van der Waals surface area (Å²) in [5, 5.41) is 10.9. The van der Waals surface area contributed by atoms with E-state index in [1.807, 2.05) is 18.2 Å². The fourth-order valence-corrected chi connectivity index (χ4v) is 3.90. The molecule has 8 nitrogen and oxygen atoms in total. The first kappa shape index (κ1) is 22.4. The fourth-order valence-electron chi connectivity index (χ4n) is 3.11. The minimum absolute atomic E-state index is 0.157. The van der Waals surface area contributed by atoms with Crippen LogP contribution < -0.4 is 14.3 Å². The first-order valence-corrected chi connectivity index (χ1v) is 11.2. The van der Waals surface area contributed by atoms with Crippen molar-refractivity contribution in [2.75, 3.05) is 14.2 Å². The smallest absolute Gasteiger partial charge is 0.276 e. The Morgan fingerprint density at radius 1 is 1.10 bits per heavy atom. The van der Waals surface area contributed by atoms with Gasteiger partial charge < -0.3 is 9.47 Å². The Morgan fingerprint density at radius 3 is 2.45 bits per heavy atom. The van der Waals surface area contributed by atoms with Crippen molar-refractivity contribution in [3.63, 3.8) is 0 Å². The highest BCUT2D eigenvalue weighted by atomic mass is 32.2. The molecule has 0 aliphatic heterocycles. The van der Waals surface area contributed by atoms with Crippen molar-refractivity contribution in [1.29, 1.82) is 0 Å². The van der Waals surface area contributed by atoms with Gasteiger partial charge >= 0.3 is 0 Å². The molecule has 9 heteroatoms. The number of nitrogens with zero attached hydrogens (tertiary/aromatic N) is 2. The highest BCUT2D eigenvalue weighted by Crippen LogP contribution is 2.32. The Kier molecular flexibility index (Phi) is 6.96. The highest BCUT2D eigenvalue weighted by molar-refractivity contribution is 7.89. The second kappa shape index (κ2) is 9.65. The normalized spacial score (nSPS) is 11.8. The van der Waals surface area contributed by atoms with Gasteiger partial charge in [0.15, 0.2) is 11.5 Å². The number of H-pyrrole nitrogens is 1. The van der Waals surface area contributed by atoms with Gasteiger partial charge in [-0.3, -0.25) is 5.10 Å². The molecule has 2 N–H and O–H groups in total. The summed E-state index contributed by atoms with van der Waals surface area (Å²) >= 11 is 0. The average Bonchev–Trinajstić information content (AvgIpc) is 3.21. The first-order valence-electron chi connectivity index (χ1n) is 9.73. The van der Waals surface area contributed by atoms with Crippen LogP contribution in [-0.4, -0.2) is 39.0 Å². The summed E-state index contributed by atoms with van der Waals surface area (Å²) in [5.41, 5.74) is 3.17. The van der Waals surface area contributed by atoms with Crippen molar-refractivity contribution in [2.24, 2.45) is 11.0 Å². The van der Waals surface area contributed by atoms with E-state index in [0.29, 0.717) is 28.7 Å². The van der Waals surface area contributed by atoms with Crippen LogP contribution in [0.5, 0.6) is 11.5 Å². The number of aromatic amines is 1. The number of methoxy groups -OCH3 is 2. The van der Waals surface area contributed by atoms with Gasteiger partial charge in [-0.05, 0) is 48.2 Å². The molecular weight excluding hydrogens is 416 g/mol. The van der Waals surface area contributed by atoms with E-state index in [1.165, 1.54) is 6.21 Å². The molecular formula is C22H26N4O4S. The summed E-state index contributed by atoms with van der Waals surface area (Å²) < 4.78 is 35.6. The largest absolute Gasteiger partial charge is 0.493 e. The second-order valence-corrected chi connectivity index (χ2v) is 9.03. The summed E-state index contributed by atoms with van der Waals surface area (Å²) in [6.45, 7) is 4.24. The molecule has 0 unspecified atom stereocenters. The quantitative estimate of drug-likeness (QED) is 0.389. The Morgan fingerprint density at radius 2 is 1.81 bits per heavy atom. The summed E-state index contributed by atoms with van der Waals surface area (Å²) in [7, 11) is -0.649. The zero-order valence-electron chi connectivity index (χ0n) is 17.9. The van der Waals surface area contributed by atoms with Gasteiger partial charge in [-0.2, -0.15) is 18.6 Å². The molecule has 3 aromatic rings. The number of hydrogen-bond acceptors (Lipinski definition) is 6. The van der Waals surface area contributed by atoms with E-state index in [-0.39, 0.29) is 4.90 Å². The average molecular weight is 443 g/mol. The van der Waals surface area contributed by atoms with Crippen LogP contribution in [0.4, 0.5) is 0 Å². The Labute approximate surface area is 182 Å². The predicted octanol–water partition coefficient (Wildman–Crippen LogP) is 3.60. The first-order chi connectivity index (χ1) is 14.8. The van der Waals surface area contributed by atoms with E-state index < -0.39 is 10.0 Å². The van der Waals surface area contributed by atoms with Gasteiger partial charge in [0.05, 0.1) is 37.2 Å². The molecule has 0 atom stereocenters. The van der Waals surface area contributed by atoms with Crippen LogP contribution in [0.15, 0.2) is 58.7 Å². The van der Waals surface area contributed by atoms with E-state index in [0.717, 1.165) is 17.5 Å². The van der Waals surface area contributed by atoms with Crippen LogP contribution >= 0.6 is 0 Å². The lowest BCUT2D eigenvalue weighted by molar-refractivity contribution is 0.355. The summed E-state index contributed by atoms with van der Waals surface area (Å²) in [6.07, 6.45) is 3.86. The van der Waals surface area contributed by atoms with Crippen LogP contribution in [0.25, 0.3) is 11.3 Å². The Balaban J connectivity index is 1.76. The SMILES string of the molecule is COc1ccc(-c2[nH]ncc2/C=N\NS(=O)(=O)c2ccc(CC(C)C)cc2)cc1OC. The maximum atomic E-state index is 12.5. The molecule has 3 rings (SSSR count). The van der Waals surface area contributed by atoms with Gasteiger partial charge in [-0.1, -0.05) is 26.0 Å². The molecule has 0 radical (unpaired) electrons. The van der Waals surface area contributed by atoms with Gasteiger partial charge in [-0.15, -0.1) is 0 Å². The molecule has 31 heavy (non-hydrogen) atoms. The third-order valence-electron chi connectivity index (χ3n) is 4.60. The van der Waals surface area contributed by atoms with Gasteiger partial charge in [0, 0.05) is 11.1 Å². The lowest BCUT2D eigenvalue weighted by Gasteiger charge is -2.09. The third kappa shape index (κ3) is 5.43. The van der Waals surface area contributed by atoms with Crippen molar-refractivity contribution < 1.29 is 17.9 Å². The lowest BCUT2D eigenvalue weighted by atomic mass is 10.0. The molecule has 0 aliphatic carbocycles. The number of ether oxygens (including phenoxy) is 2. The fraction of sp³-hybridized carbons (Fsp3) is 0.273. The minimum Gasteiger partial charge on any atom is -0.493 e. The Hall–Kier alpha value is -3.33. The minimum atomic E-state index is -3.77. The van der Waals surface area contributed by atoms with E-state index in [4.69, 9.17) is 9.47 Å². The van der Waals surface area contributed by atoms with Gasteiger partial charge in [-0.25, -0.2) is 4.83 Å². The standard InChI is InChI=1S/C22H26N4O4S/c1-15(2)11-16-5-8-19(9-6-16)31(27,28)26-24-14-18-13-23-25-22(18)17-7-10-20(29-3)21(12-17)30-4/h5-10,12-15,26H,11H2,1-4H3,(H,23,25)/b24-14-. The molecule has 0 aliphatic rings. The van der Waals surface area contributed by atoms with E-state index >= 15 is 0 Å². The number of hydrazone groups is 1. The monoisotopic (exact) mass is 442 g/mol. The van der Waals surface area contributed by atoms with Gasteiger partial charge in [0.25, 0.3) is 10.0 Å². The molecule has 1 heterocycles. The number of nitrogens with one attached hydrogen (secondary N) is 2. The summed E-state index contributed by atoms with van der Waals surface area (Å²) in [6, 6.07) is 12.2. The van der Waals surface area contributed by atoms with Crippen molar-refractivity contribution >= 4 is 16.2 Å². The van der Waals surface area contributed by atoms with Crippen molar-refractivity contribution in [3.8, 4) is 22.8 Å². The molecule has 2 aromatic carbocycles. The second-order valence-electron chi connectivity index (χ2n) is 7.36. The van der Waals surface area contributed by atoms with E-state index in [1.54, 1.807) is 44.7 Å². The maximum absolute atomic E-state index is 12.5. The molecule has 1 aromatic heterocycles. The third-order valence-corrected chi connectivity index (χ3v) is 5.83. The highest BCUT2D eigenvalue weighted by Gasteiger charge is 2.14. The summed E-state index contributed by atoms with van der Waals surface area (Å²) in [5.74, 6) is 1.67. The predicted molar refractivity (Wildman–Crippen MR) is 120 cm³/mol. The molecule has 0 saturated heterocycles. The van der Waals surface area contributed by atoms with Gasteiger partial charge in [0.1, 0.15) is 0 Å². The van der Waals surface area contributed by atoms with Crippen LogP contribution in [-0.2, 0) is 16.4 Å². The molecule has 0 bridgehead atoms. The number of rotatable bonds is 9. The zero-order chi connectivity index (χ0) is 22.4. The van der Waals surface area contributed by atoms with E-state index in [9.17, 15) is 8.42 Å². The molecule has 0 saturated carbocycles. The van der Waals surface area contributed by atoms with Crippen molar-refractivity contribution in [2.45, 2.75) is 25.2 Å². The van der Waals surface area contributed by atoms with Crippen LogP contribution in [0.1, 0.15) is 25.0 Å². The topological polar surface area (TPSA) is 106 Å². The molecule has 0 amide bonds. The number of sulfonamides is 1. The summed E-state index contributed by atoms with van der Waals surface area (Å²) in [4.78, 5) is 2.41. The van der Waals surface area contributed by atoms with E-state index in [2.05, 4.69) is 34.0 Å². The van der Waals surface area contributed by atoms with Crippen LogP contribution in [0, 0.1) is 5.92 Å². The van der Waals surface area contributed by atoms with Crippen molar-refractivity contribution in [3.05, 3.63) is 59.8 Å². The van der Waals surface area contributed by atoms with Crippen LogP contribution in [0.2, 0.25) is 0 Å². The number of benzene rings is 2. The molecule has 164 valence electrons. The maximum Gasteiger partial charge on any atom is 0.276 e. The molecule has 0 fully saturated rings. The Bertz CT molecular complexity index is 1150. The lowest BCUT2D eigenvalue weighted by Crippen LogP contribution is -2.18. The van der Waals surface area contributed by atoms with Gasteiger partial charge in [0.2, 0.25) is 0 Å². The number of aromatic nitrogens is 2. The zero-order valence-corrected chi connectivity index (χ0v) is 18.7. The molecule has 0 spiro atoms. The van der Waals surface area contributed by atoms with Crippen molar-refractivity contribution in [1.82, 2.24) is 15.0 Å². The van der Waals surface area contributed by atoms with Crippen LogP contribution in [0.3, 0.4) is 0 Å². The number of hydrogen-bond donors (Lipinski definition) is 2.